The lowest BCUT2D eigenvalue weighted by Crippen LogP contribution is -2.35. The van der Waals surface area contributed by atoms with Gasteiger partial charge in [-0.05, 0) is 75.9 Å². The highest BCUT2D eigenvalue weighted by Crippen LogP contribution is 2.15. The Hall–Kier alpha value is -1.88. The molecule has 1 saturated heterocycles. The number of anilines is 1. The average Bonchev–Trinajstić information content (AvgIpc) is 2.55. The summed E-state index contributed by atoms with van der Waals surface area (Å²) in [6.07, 6.45) is 4.76. The van der Waals surface area contributed by atoms with Gasteiger partial charge in [0.25, 0.3) is 0 Å². The number of piperidine rings is 1. The third-order valence-corrected chi connectivity index (χ3v) is 4.48. The molecule has 132 valence electrons. The summed E-state index contributed by atoms with van der Waals surface area (Å²) in [5.74, 6) is 0.839. The molecule has 0 saturated carbocycles. The number of carbonyl (C=O) groups excluding carboxylic acids is 2. The van der Waals surface area contributed by atoms with Gasteiger partial charge in [-0.3, -0.25) is 4.79 Å². The van der Waals surface area contributed by atoms with Crippen LogP contribution in [0.15, 0.2) is 24.3 Å². The highest BCUT2D eigenvalue weighted by molar-refractivity contribution is 5.95. The van der Waals surface area contributed by atoms with Gasteiger partial charge in [0.1, 0.15) is 0 Å². The van der Waals surface area contributed by atoms with Gasteiger partial charge in [0, 0.05) is 24.3 Å². The van der Waals surface area contributed by atoms with E-state index in [0.717, 1.165) is 25.3 Å². The van der Waals surface area contributed by atoms with Crippen LogP contribution in [0, 0.1) is 5.92 Å². The summed E-state index contributed by atoms with van der Waals surface area (Å²) in [7, 11) is 0. The monoisotopic (exact) mass is 331 g/mol. The maximum atomic E-state index is 11.8. The number of urea groups is 1. The smallest absolute Gasteiger partial charge is 0.319 e. The van der Waals surface area contributed by atoms with Crippen LogP contribution < -0.4 is 10.6 Å². The predicted octanol–water partition coefficient (Wildman–Crippen LogP) is 3.52. The number of nitrogens with one attached hydrogen (secondary N) is 2. The number of hydrogen-bond donors (Lipinski definition) is 2. The van der Waals surface area contributed by atoms with E-state index in [2.05, 4.69) is 22.5 Å². The largest absolute Gasteiger partial charge is 0.338 e. The van der Waals surface area contributed by atoms with Crippen LogP contribution in [0.4, 0.5) is 10.5 Å². The number of ketones is 1. The van der Waals surface area contributed by atoms with Crippen LogP contribution in [0.2, 0.25) is 0 Å². The molecular formula is C19H29N3O2. The molecular weight excluding hydrogens is 302 g/mol. The molecule has 5 nitrogen and oxygen atoms in total. The zero-order chi connectivity index (χ0) is 17.4. The summed E-state index contributed by atoms with van der Waals surface area (Å²) in [5, 5.41) is 5.66. The Morgan fingerprint density at radius 3 is 2.62 bits per heavy atom. The van der Waals surface area contributed by atoms with Crippen molar-refractivity contribution < 1.29 is 9.59 Å². The minimum absolute atomic E-state index is 0.0223. The highest BCUT2D eigenvalue weighted by Gasteiger charge is 2.15. The van der Waals surface area contributed by atoms with Crippen molar-refractivity contribution in [1.29, 1.82) is 0 Å². The number of amides is 2. The first-order chi connectivity index (χ1) is 11.5. The normalized spacial score (nSPS) is 18.2. The van der Waals surface area contributed by atoms with Gasteiger partial charge in [-0.1, -0.05) is 6.92 Å². The van der Waals surface area contributed by atoms with E-state index in [-0.39, 0.29) is 11.8 Å². The molecule has 5 heteroatoms. The summed E-state index contributed by atoms with van der Waals surface area (Å²) in [6, 6.07) is 6.73. The molecule has 1 heterocycles. The first kappa shape index (κ1) is 18.5. The van der Waals surface area contributed by atoms with Gasteiger partial charge in [0.2, 0.25) is 0 Å². The summed E-state index contributed by atoms with van der Waals surface area (Å²) in [5.41, 5.74) is 1.34. The lowest BCUT2D eigenvalue weighted by molar-refractivity contribution is 0.101. The number of hydrogen-bond acceptors (Lipinski definition) is 3. The van der Waals surface area contributed by atoms with Gasteiger partial charge in [0.05, 0.1) is 0 Å². The van der Waals surface area contributed by atoms with E-state index in [9.17, 15) is 9.59 Å². The van der Waals surface area contributed by atoms with Gasteiger partial charge >= 0.3 is 6.03 Å². The molecule has 0 radical (unpaired) electrons. The van der Waals surface area contributed by atoms with E-state index in [0.29, 0.717) is 17.8 Å². The number of unbranched alkanes of at least 4 members (excludes halogenated alkanes) is 1. The van der Waals surface area contributed by atoms with Crippen LogP contribution in [-0.2, 0) is 0 Å². The van der Waals surface area contributed by atoms with E-state index in [1.165, 1.54) is 32.9 Å². The lowest BCUT2D eigenvalue weighted by Gasteiger charge is -2.30. The summed E-state index contributed by atoms with van der Waals surface area (Å²) < 4.78 is 0. The average molecular weight is 331 g/mol. The van der Waals surface area contributed by atoms with Crippen LogP contribution in [0.1, 0.15) is 49.9 Å². The maximum absolute atomic E-state index is 11.8. The number of nitrogens with zero attached hydrogens (tertiary/aromatic N) is 1. The van der Waals surface area contributed by atoms with Crippen LogP contribution in [-0.4, -0.2) is 42.9 Å². The second-order valence-corrected chi connectivity index (χ2v) is 6.77. The Balaban J connectivity index is 1.58. The highest BCUT2D eigenvalue weighted by atomic mass is 16.2. The zero-order valence-electron chi connectivity index (χ0n) is 14.8. The maximum Gasteiger partial charge on any atom is 0.319 e. The summed E-state index contributed by atoms with van der Waals surface area (Å²) >= 11 is 0. The minimum atomic E-state index is -0.197. The fourth-order valence-corrected chi connectivity index (χ4v) is 3.12. The van der Waals surface area contributed by atoms with Crippen molar-refractivity contribution >= 4 is 17.5 Å². The molecule has 1 atom stereocenters. The molecule has 1 unspecified atom stereocenters. The first-order valence-corrected chi connectivity index (χ1v) is 8.93. The van der Waals surface area contributed by atoms with Crippen LogP contribution >= 0.6 is 0 Å². The van der Waals surface area contributed by atoms with Gasteiger partial charge < -0.3 is 15.5 Å². The van der Waals surface area contributed by atoms with E-state index >= 15 is 0 Å². The van der Waals surface area contributed by atoms with Crippen molar-refractivity contribution in [1.82, 2.24) is 10.2 Å². The first-order valence-electron chi connectivity index (χ1n) is 8.93. The Labute approximate surface area is 144 Å². The van der Waals surface area contributed by atoms with Crippen molar-refractivity contribution in [3.05, 3.63) is 29.8 Å². The molecule has 1 aromatic rings. The third kappa shape index (κ3) is 6.32. The Morgan fingerprint density at radius 2 is 1.96 bits per heavy atom. The number of rotatable bonds is 7. The predicted molar refractivity (Wildman–Crippen MR) is 97.5 cm³/mol. The Morgan fingerprint density at radius 1 is 1.21 bits per heavy atom. The van der Waals surface area contributed by atoms with Gasteiger partial charge in [0.15, 0.2) is 5.78 Å². The minimum Gasteiger partial charge on any atom is -0.338 e. The van der Waals surface area contributed by atoms with Crippen molar-refractivity contribution in [2.45, 2.75) is 39.5 Å². The quantitative estimate of drug-likeness (QED) is 0.593. The molecule has 0 aromatic heterocycles. The molecule has 0 spiro atoms. The molecule has 1 aliphatic rings. The topological polar surface area (TPSA) is 61.4 Å². The van der Waals surface area contributed by atoms with Gasteiger partial charge in [-0.25, -0.2) is 4.79 Å². The molecule has 0 aliphatic carbocycles. The number of carbonyl (C=O) groups is 2. The Bertz CT molecular complexity index is 542. The van der Waals surface area contributed by atoms with Crippen molar-refractivity contribution in [3.63, 3.8) is 0 Å². The van der Waals surface area contributed by atoms with E-state index in [1.54, 1.807) is 24.3 Å². The number of benzene rings is 1. The molecule has 2 N–H and O–H groups in total. The molecule has 1 fully saturated rings. The van der Waals surface area contributed by atoms with Gasteiger partial charge in [-0.15, -0.1) is 0 Å². The van der Waals surface area contributed by atoms with Crippen LogP contribution in [0.25, 0.3) is 0 Å². The lowest BCUT2D eigenvalue weighted by atomic mass is 10.0. The molecule has 1 aliphatic heterocycles. The van der Waals surface area contributed by atoms with Crippen molar-refractivity contribution in [2.75, 3.05) is 31.5 Å². The zero-order valence-corrected chi connectivity index (χ0v) is 14.8. The second kappa shape index (κ2) is 9.42. The van der Waals surface area contributed by atoms with Crippen molar-refractivity contribution in [3.8, 4) is 0 Å². The van der Waals surface area contributed by atoms with Gasteiger partial charge in [-0.2, -0.15) is 0 Å². The number of likely N-dealkylation sites (tertiary alicyclic amines) is 1. The fourth-order valence-electron chi connectivity index (χ4n) is 3.12. The second-order valence-electron chi connectivity index (χ2n) is 6.77. The standard InChI is InChI=1S/C19H29N3O2/c1-15-6-5-13-22(14-15)12-4-3-11-20-19(24)21-18-9-7-17(8-10-18)16(2)23/h7-10,15H,3-6,11-14H2,1-2H3,(H2,20,21,24). The molecule has 0 bridgehead atoms. The van der Waals surface area contributed by atoms with E-state index < -0.39 is 0 Å². The van der Waals surface area contributed by atoms with E-state index in [4.69, 9.17) is 0 Å². The Kier molecular flexibility index (Phi) is 7.25. The third-order valence-electron chi connectivity index (χ3n) is 4.48. The SMILES string of the molecule is CC(=O)c1ccc(NC(=O)NCCCCN2CCCC(C)C2)cc1. The molecule has 24 heavy (non-hydrogen) atoms. The van der Waals surface area contributed by atoms with Crippen LogP contribution in [0.3, 0.4) is 0 Å². The molecule has 2 amide bonds. The fraction of sp³-hybridized carbons (Fsp3) is 0.579. The van der Waals surface area contributed by atoms with E-state index in [1.807, 2.05) is 0 Å². The molecule has 2 rings (SSSR count). The molecule has 1 aromatic carbocycles. The summed E-state index contributed by atoms with van der Waals surface area (Å²) in [4.78, 5) is 25.6. The van der Waals surface area contributed by atoms with Crippen molar-refractivity contribution in [2.24, 2.45) is 5.92 Å². The summed E-state index contributed by atoms with van der Waals surface area (Å²) in [6.45, 7) is 8.08. The van der Waals surface area contributed by atoms with Crippen LogP contribution in [0.5, 0.6) is 0 Å². The number of Topliss-reactive ketones (excluding diaryl/α,β-unsaturated/α-hetero) is 1.